The quantitative estimate of drug-likeness (QED) is 0.794. The van der Waals surface area contributed by atoms with Crippen LogP contribution in [0.15, 0.2) is 15.9 Å². The summed E-state index contributed by atoms with van der Waals surface area (Å²) in [4.78, 5) is 4.06. The maximum atomic E-state index is 3.51. The molecule has 1 nitrogen and oxygen atoms in total. The molecule has 14 heavy (non-hydrogen) atoms. The van der Waals surface area contributed by atoms with Crippen LogP contribution in [0.1, 0.15) is 25.1 Å². The molecular weight excluding hydrogens is 258 g/mol. The normalized spacial score (nSPS) is 28.5. The fourth-order valence-corrected chi connectivity index (χ4v) is 3.75. The predicted molar refractivity (Wildman–Crippen MR) is 65.7 cm³/mol. The lowest BCUT2D eigenvalue weighted by atomic mass is 10.1. The molecule has 1 aliphatic rings. The Bertz CT molecular complexity index is 310. The van der Waals surface area contributed by atoms with Crippen LogP contribution in [0.3, 0.4) is 0 Å². The molecule has 0 aromatic carbocycles. The molecule has 0 saturated carbocycles. The van der Waals surface area contributed by atoms with Gasteiger partial charge in [-0.3, -0.25) is 4.90 Å². The van der Waals surface area contributed by atoms with E-state index in [0.717, 1.165) is 18.5 Å². The van der Waals surface area contributed by atoms with Gasteiger partial charge in [0.1, 0.15) is 0 Å². The number of thiophene rings is 1. The molecule has 1 fully saturated rings. The van der Waals surface area contributed by atoms with Crippen molar-refractivity contribution in [1.82, 2.24) is 4.90 Å². The lowest BCUT2D eigenvalue weighted by Crippen LogP contribution is -2.25. The molecule has 2 atom stereocenters. The average Bonchev–Trinajstić information content (AvgIpc) is 2.61. The number of likely N-dealkylation sites (tertiary alicyclic amines) is 1. The Balaban J connectivity index is 1.98. The summed E-state index contributed by atoms with van der Waals surface area (Å²) in [5, 5.41) is 0. The largest absolute Gasteiger partial charge is 0.295 e. The summed E-state index contributed by atoms with van der Waals surface area (Å²) in [6, 6.07) is 5.13. The van der Waals surface area contributed by atoms with Crippen LogP contribution in [-0.2, 0) is 6.54 Å². The summed E-state index contributed by atoms with van der Waals surface area (Å²) >= 11 is 5.36. The first-order valence-electron chi connectivity index (χ1n) is 5.13. The maximum absolute atomic E-state index is 3.51. The highest BCUT2D eigenvalue weighted by atomic mass is 79.9. The first kappa shape index (κ1) is 10.7. The van der Waals surface area contributed by atoms with Crippen molar-refractivity contribution < 1.29 is 0 Å². The molecule has 1 aromatic heterocycles. The van der Waals surface area contributed by atoms with Gasteiger partial charge in [0.2, 0.25) is 0 Å². The Kier molecular flexibility index (Phi) is 3.30. The molecule has 0 radical (unpaired) electrons. The molecular formula is C11H16BrNS. The van der Waals surface area contributed by atoms with E-state index in [-0.39, 0.29) is 0 Å². The molecule has 0 amide bonds. The summed E-state index contributed by atoms with van der Waals surface area (Å²) in [6.07, 6.45) is 1.35. The Labute approximate surface area is 98.2 Å². The molecule has 0 N–H and O–H groups in total. The van der Waals surface area contributed by atoms with Crippen molar-refractivity contribution in [1.29, 1.82) is 0 Å². The van der Waals surface area contributed by atoms with Crippen molar-refractivity contribution in [3.05, 3.63) is 20.8 Å². The van der Waals surface area contributed by atoms with E-state index >= 15 is 0 Å². The fraction of sp³-hybridized carbons (Fsp3) is 0.636. The maximum Gasteiger partial charge on any atom is 0.0701 e. The van der Waals surface area contributed by atoms with E-state index in [1.165, 1.54) is 21.6 Å². The Morgan fingerprint density at radius 2 is 2.29 bits per heavy atom. The summed E-state index contributed by atoms with van der Waals surface area (Å²) < 4.78 is 1.24. The number of halogens is 1. The summed E-state index contributed by atoms with van der Waals surface area (Å²) in [6.45, 7) is 7.07. The molecule has 2 rings (SSSR count). The minimum absolute atomic E-state index is 0.755. The van der Waals surface area contributed by atoms with Gasteiger partial charge in [-0.1, -0.05) is 6.92 Å². The van der Waals surface area contributed by atoms with Crippen molar-refractivity contribution >= 4 is 27.3 Å². The van der Waals surface area contributed by atoms with Gasteiger partial charge in [0.25, 0.3) is 0 Å². The molecule has 2 heterocycles. The minimum atomic E-state index is 0.755. The van der Waals surface area contributed by atoms with Gasteiger partial charge in [-0.2, -0.15) is 0 Å². The molecule has 1 aromatic rings. The van der Waals surface area contributed by atoms with Crippen molar-refractivity contribution in [2.45, 2.75) is 32.9 Å². The summed E-state index contributed by atoms with van der Waals surface area (Å²) in [5.74, 6) is 0.869. The molecule has 1 saturated heterocycles. The van der Waals surface area contributed by atoms with E-state index in [0.29, 0.717) is 0 Å². The second kappa shape index (κ2) is 4.33. The molecule has 0 spiro atoms. The van der Waals surface area contributed by atoms with Crippen LogP contribution in [0.25, 0.3) is 0 Å². The van der Waals surface area contributed by atoms with Crippen LogP contribution in [0.4, 0.5) is 0 Å². The lowest BCUT2D eigenvalue weighted by Gasteiger charge is -2.19. The van der Waals surface area contributed by atoms with Gasteiger partial charge in [0.15, 0.2) is 0 Å². The van der Waals surface area contributed by atoms with Gasteiger partial charge >= 0.3 is 0 Å². The van der Waals surface area contributed by atoms with Gasteiger partial charge in [0, 0.05) is 24.0 Å². The monoisotopic (exact) mass is 273 g/mol. The lowest BCUT2D eigenvalue weighted by molar-refractivity contribution is 0.259. The van der Waals surface area contributed by atoms with Crippen LogP contribution < -0.4 is 0 Å². The molecule has 0 bridgehead atoms. The number of rotatable bonds is 2. The Hall–Kier alpha value is 0.140. The van der Waals surface area contributed by atoms with Crippen molar-refractivity contribution in [2.24, 2.45) is 5.92 Å². The Morgan fingerprint density at radius 3 is 2.79 bits per heavy atom. The first-order chi connectivity index (χ1) is 6.65. The minimum Gasteiger partial charge on any atom is -0.295 e. The molecule has 3 heteroatoms. The van der Waals surface area contributed by atoms with Crippen molar-refractivity contribution in [2.75, 3.05) is 6.54 Å². The average molecular weight is 274 g/mol. The zero-order valence-electron chi connectivity index (χ0n) is 8.66. The molecule has 78 valence electrons. The highest BCUT2D eigenvalue weighted by Crippen LogP contribution is 2.28. The van der Waals surface area contributed by atoms with Crippen molar-refractivity contribution in [3.63, 3.8) is 0 Å². The van der Waals surface area contributed by atoms with Gasteiger partial charge in [-0.25, -0.2) is 0 Å². The fourth-order valence-electron chi connectivity index (χ4n) is 2.24. The highest BCUT2D eigenvalue weighted by Gasteiger charge is 2.25. The van der Waals surface area contributed by atoms with Gasteiger partial charge < -0.3 is 0 Å². The predicted octanol–water partition coefficient (Wildman–Crippen LogP) is 3.74. The third-order valence-corrected chi connectivity index (χ3v) is 4.51. The third kappa shape index (κ3) is 2.38. The second-order valence-electron chi connectivity index (χ2n) is 4.33. The van der Waals surface area contributed by atoms with Gasteiger partial charge in [-0.05, 0) is 47.3 Å². The second-order valence-corrected chi connectivity index (χ2v) is 6.87. The number of hydrogen-bond donors (Lipinski definition) is 0. The number of nitrogens with zero attached hydrogens (tertiary/aromatic N) is 1. The first-order valence-corrected chi connectivity index (χ1v) is 6.74. The van der Waals surface area contributed by atoms with Crippen LogP contribution in [-0.4, -0.2) is 17.5 Å². The SMILES string of the molecule is CC1CC(C)N(Cc2ccc(Br)s2)C1. The van der Waals surface area contributed by atoms with Crippen LogP contribution >= 0.6 is 27.3 Å². The van der Waals surface area contributed by atoms with Crippen LogP contribution in [0.2, 0.25) is 0 Å². The molecule has 2 unspecified atom stereocenters. The van der Waals surface area contributed by atoms with Crippen LogP contribution in [0.5, 0.6) is 0 Å². The standard InChI is InChI=1S/C11H16BrNS/c1-8-5-9(2)13(6-8)7-10-3-4-11(12)14-10/h3-4,8-9H,5-7H2,1-2H3. The summed E-state index contributed by atoms with van der Waals surface area (Å²) in [5.41, 5.74) is 0. The topological polar surface area (TPSA) is 3.24 Å². The van der Waals surface area contributed by atoms with E-state index in [1.807, 2.05) is 11.3 Å². The van der Waals surface area contributed by atoms with Gasteiger partial charge in [0.05, 0.1) is 3.79 Å². The van der Waals surface area contributed by atoms with E-state index in [9.17, 15) is 0 Å². The number of hydrogen-bond acceptors (Lipinski definition) is 2. The smallest absolute Gasteiger partial charge is 0.0701 e. The zero-order chi connectivity index (χ0) is 10.1. The highest BCUT2D eigenvalue weighted by molar-refractivity contribution is 9.11. The third-order valence-electron chi connectivity index (χ3n) is 2.90. The van der Waals surface area contributed by atoms with E-state index < -0.39 is 0 Å². The van der Waals surface area contributed by atoms with E-state index in [2.05, 4.69) is 46.8 Å². The van der Waals surface area contributed by atoms with E-state index in [4.69, 9.17) is 0 Å². The van der Waals surface area contributed by atoms with Crippen LogP contribution in [0, 0.1) is 5.92 Å². The molecule has 0 aliphatic carbocycles. The van der Waals surface area contributed by atoms with Gasteiger partial charge in [-0.15, -0.1) is 11.3 Å². The zero-order valence-corrected chi connectivity index (χ0v) is 11.1. The molecule has 1 aliphatic heterocycles. The van der Waals surface area contributed by atoms with E-state index in [1.54, 1.807) is 0 Å². The Morgan fingerprint density at radius 1 is 1.50 bits per heavy atom. The summed E-state index contributed by atoms with van der Waals surface area (Å²) in [7, 11) is 0. The van der Waals surface area contributed by atoms with Crippen molar-refractivity contribution in [3.8, 4) is 0 Å².